The van der Waals surface area contributed by atoms with E-state index in [-0.39, 0.29) is 18.7 Å². The van der Waals surface area contributed by atoms with Crippen molar-refractivity contribution in [2.75, 3.05) is 0 Å². The fourth-order valence-electron chi connectivity index (χ4n) is 2.65. The van der Waals surface area contributed by atoms with E-state index in [1.807, 2.05) is 13.1 Å². The second kappa shape index (κ2) is 8.82. The molecule has 0 saturated carbocycles. The Morgan fingerprint density at radius 2 is 2.19 bits per heavy atom. The maximum atomic E-state index is 6.11. The number of hydrogen-bond donors (Lipinski definition) is 0. The first-order valence-corrected chi connectivity index (χ1v) is 8.06. The van der Waals surface area contributed by atoms with E-state index in [1.165, 1.54) is 12.8 Å². The molecule has 1 aliphatic rings. The maximum absolute atomic E-state index is 6.11. The van der Waals surface area contributed by atoms with Crippen LogP contribution in [0.1, 0.15) is 56.4 Å². The van der Waals surface area contributed by atoms with E-state index in [2.05, 4.69) is 18.8 Å². The summed E-state index contributed by atoms with van der Waals surface area (Å²) in [4.78, 5) is 4.38. The summed E-state index contributed by atoms with van der Waals surface area (Å²) in [6.07, 6.45) is 6.31. The van der Waals surface area contributed by atoms with Gasteiger partial charge in [-0.25, -0.2) is 0 Å². The minimum atomic E-state index is -0.148. The SMILES string of the molecule is CCCCC(CC)C1OCc2c(CCl)cnc(C)c2O1.Cl. The third-order valence-electron chi connectivity index (χ3n) is 4.01. The Hall–Kier alpha value is -0.510. The van der Waals surface area contributed by atoms with Crippen LogP contribution in [0.25, 0.3) is 0 Å². The van der Waals surface area contributed by atoms with Crippen LogP contribution >= 0.6 is 24.0 Å². The van der Waals surface area contributed by atoms with Gasteiger partial charge in [0, 0.05) is 23.6 Å². The molecule has 5 heteroatoms. The van der Waals surface area contributed by atoms with Gasteiger partial charge in [0.15, 0.2) is 0 Å². The van der Waals surface area contributed by atoms with E-state index in [0.29, 0.717) is 18.4 Å². The number of pyridine rings is 1. The summed E-state index contributed by atoms with van der Waals surface area (Å²) in [7, 11) is 0. The molecule has 0 fully saturated rings. The molecular weight excluding hydrogens is 309 g/mol. The van der Waals surface area contributed by atoms with Crippen LogP contribution in [0.15, 0.2) is 6.20 Å². The highest BCUT2D eigenvalue weighted by atomic mass is 35.5. The minimum absolute atomic E-state index is 0. The van der Waals surface area contributed by atoms with E-state index in [4.69, 9.17) is 21.1 Å². The van der Waals surface area contributed by atoms with Crippen LogP contribution in [0.3, 0.4) is 0 Å². The molecule has 0 bridgehead atoms. The van der Waals surface area contributed by atoms with Crippen molar-refractivity contribution in [3.63, 3.8) is 0 Å². The highest BCUT2D eigenvalue weighted by Gasteiger charge is 2.29. The molecule has 1 aliphatic heterocycles. The zero-order valence-corrected chi connectivity index (χ0v) is 14.6. The van der Waals surface area contributed by atoms with Crippen molar-refractivity contribution in [2.24, 2.45) is 5.92 Å². The fraction of sp³-hybridized carbons (Fsp3) is 0.688. The van der Waals surface area contributed by atoms with Crippen LogP contribution in [0.4, 0.5) is 0 Å². The second-order valence-electron chi connectivity index (χ2n) is 5.42. The predicted octanol–water partition coefficient (Wildman–Crippen LogP) is 5.00. The molecule has 3 nitrogen and oxygen atoms in total. The van der Waals surface area contributed by atoms with Gasteiger partial charge in [0.05, 0.1) is 12.3 Å². The second-order valence-corrected chi connectivity index (χ2v) is 5.69. The summed E-state index contributed by atoms with van der Waals surface area (Å²) < 4.78 is 12.1. The molecule has 0 aromatic carbocycles. The van der Waals surface area contributed by atoms with Crippen LogP contribution in [0.5, 0.6) is 5.75 Å². The molecule has 1 aromatic heterocycles. The molecular formula is C16H25Cl2NO2. The maximum Gasteiger partial charge on any atom is 0.203 e. The van der Waals surface area contributed by atoms with E-state index in [0.717, 1.165) is 35.4 Å². The largest absolute Gasteiger partial charge is 0.462 e. The van der Waals surface area contributed by atoms with Gasteiger partial charge in [-0.2, -0.15) is 0 Å². The van der Waals surface area contributed by atoms with Gasteiger partial charge in [-0.3, -0.25) is 4.98 Å². The average Bonchev–Trinajstić information content (AvgIpc) is 2.49. The van der Waals surface area contributed by atoms with Crippen molar-refractivity contribution in [3.05, 3.63) is 23.0 Å². The fourth-order valence-corrected chi connectivity index (χ4v) is 2.88. The zero-order valence-electron chi connectivity index (χ0n) is 13.0. The lowest BCUT2D eigenvalue weighted by molar-refractivity contribution is -0.143. The van der Waals surface area contributed by atoms with Crippen molar-refractivity contribution < 1.29 is 9.47 Å². The molecule has 0 N–H and O–H groups in total. The smallest absolute Gasteiger partial charge is 0.203 e. The average molecular weight is 334 g/mol. The van der Waals surface area contributed by atoms with Crippen LogP contribution < -0.4 is 4.74 Å². The summed E-state index contributed by atoms with van der Waals surface area (Å²) >= 11 is 5.96. The Morgan fingerprint density at radius 3 is 2.81 bits per heavy atom. The lowest BCUT2D eigenvalue weighted by Gasteiger charge is -2.33. The van der Waals surface area contributed by atoms with Crippen LogP contribution in [-0.4, -0.2) is 11.3 Å². The molecule has 2 atom stereocenters. The number of rotatable bonds is 6. The number of fused-ring (bicyclic) bond motifs is 1. The number of aryl methyl sites for hydroxylation is 1. The van der Waals surface area contributed by atoms with Gasteiger partial charge in [-0.05, 0) is 25.3 Å². The van der Waals surface area contributed by atoms with Crippen LogP contribution in [0, 0.1) is 12.8 Å². The number of nitrogens with zero attached hydrogens (tertiary/aromatic N) is 1. The summed E-state index contributed by atoms with van der Waals surface area (Å²) in [6, 6.07) is 0. The monoisotopic (exact) mass is 333 g/mol. The number of halogens is 2. The van der Waals surface area contributed by atoms with E-state index in [1.54, 1.807) is 0 Å². The molecule has 21 heavy (non-hydrogen) atoms. The molecule has 0 saturated heterocycles. The Bertz CT molecular complexity index is 454. The molecule has 0 spiro atoms. The van der Waals surface area contributed by atoms with Gasteiger partial charge in [-0.15, -0.1) is 24.0 Å². The predicted molar refractivity (Wildman–Crippen MR) is 88.3 cm³/mol. The van der Waals surface area contributed by atoms with Gasteiger partial charge >= 0.3 is 0 Å². The Balaban J connectivity index is 0.00000220. The van der Waals surface area contributed by atoms with E-state index >= 15 is 0 Å². The Labute approximate surface area is 138 Å². The number of aromatic nitrogens is 1. The number of unbranched alkanes of at least 4 members (excludes halogenated alkanes) is 1. The molecule has 0 radical (unpaired) electrons. The first kappa shape index (κ1) is 18.5. The summed E-state index contributed by atoms with van der Waals surface area (Å²) in [5, 5.41) is 0. The molecule has 2 unspecified atom stereocenters. The minimum Gasteiger partial charge on any atom is -0.462 e. The van der Waals surface area contributed by atoms with E-state index < -0.39 is 0 Å². The quantitative estimate of drug-likeness (QED) is 0.686. The summed E-state index contributed by atoms with van der Waals surface area (Å²) in [5.74, 6) is 1.77. The number of ether oxygens (including phenoxy) is 2. The van der Waals surface area contributed by atoms with Crippen molar-refractivity contribution >= 4 is 24.0 Å². The normalized spacial score (nSPS) is 18.4. The standard InChI is InChI=1S/C16H24ClNO2.ClH/c1-4-6-7-12(5-2)16-19-10-14-13(8-17)9-18-11(3)15(14)20-16;/h9,12,16H,4-8,10H2,1-3H3;1H. The van der Waals surface area contributed by atoms with Gasteiger partial charge in [0.25, 0.3) is 0 Å². The third kappa shape index (κ3) is 4.24. The summed E-state index contributed by atoms with van der Waals surface area (Å²) in [5.41, 5.74) is 2.99. The number of hydrogen-bond acceptors (Lipinski definition) is 3. The van der Waals surface area contributed by atoms with E-state index in [9.17, 15) is 0 Å². The zero-order chi connectivity index (χ0) is 14.5. The van der Waals surface area contributed by atoms with Crippen molar-refractivity contribution in [1.82, 2.24) is 4.98 Å². The van der Waals surface area contributed by atoms with Crippen molar-refractivity contribution in [1.29, 1.82) is 0 Å². The van der Waals surface area contributed by atoms with Crippen molar-refractivity contribution in [2.45, 2.75) is 65.2 Å². The third-order valence-corrected chi connectivity index (χ3v) is 4.30. The Morgan fingerprint density at radius 1 is 1.43 bits per heavy atom. The van der Waals surface area contributed by atoms with Crippen LogP contribution in [0.2, 0.25) is 0 Å². The first-order chi connectivity index (χ1) is 9.71. The van der Waals surface area contributed by atoms with Gasteiger partial charge in [0.1, 0.15) is 5.75 Å². The first-order valence-electron chi connectivity index (χ1n) is 7.52. The lowest BCUT2D eigenvalue weighted by atomic mass is 9.98. The molecule has 1 aromatic rings. The molecule has 2 rings (SSSR count). The number of alkyl halides is 1. The summed E-state index contributed by atoms with van der Waals surface area (Å²) in [6.45, 7) is 6.97. The molecule has 120 valence electrons. The lowest BCUT2D eigenvalue weighted by Crippen LogP contribution is -2.34. The van der Waals surface area contributed by atoms with Gasteiger partial charge in [0.2, 0.25) is 6.29 Å². The molecule has 0 amide bonds. The molecule has 0 aliphatic carbocycles. The highest BCUT2D eigenvalue weighted by Crippen LogP contribution is 2.35. The highest BCUT2D eigenvalue weighted by molar-refractivity contribution is 6.17. The van der Waals surface area contributed by atoms with Crippen LogP contribution in [-0.2, 0) is 17.2 Å². The topological polar surface area (TPSA) is 31.4 Å². The van der Waals surface area contributed by atoms with Gasteiger partial charge < -0.3 is 9.47 Å². The molecule has 2 heterocycles. The van der Waals surface area contributed by atoms with Crippen molar-refractivity contribution in [3.8, 4) is 5.75 Å². The van der Waals surface area contributed by atoms with Gasteiger partial charge in [-0.1, -0.05) is 26.7 Å². The Kier molecular flexibility index (Phi) is 7.78.